The number of benzene rings is 1. The summed E-state index contributed by atoms with van der Waals surface area (Å²) in [5, 5.41) is 3.13. The van der Waals surface area contributed by atoms with E-state index in [1.807, 2.05) is 25.1 Å². The lowest BCUT2D eigenvalue weighted by Gasteiger charge is -2.25. The molecule has 1 heterocycles. The molecule has 0 spiro atoms. The monoisotopic (exact) mass is 257 g/mol. The summed E-state index contributed by atoms with van der Waals surface area (Å²) < 4.78 is 6.59. The molecule has 1 atom stereocenters. The van der Waals surface area contributed by atoms with Crippen molar-refractivity contribution in [1.29, 1.82) is 0 Å². The molecule has 0 amide bonds. The van der Waals surface area contributed by atoms with E-state index in [0.29, 0.717) is 0 Å². The zero-order valence-electron chi connectivity index (χ0n) is 7.00. The highest BCUT2D eigenvalue weighted by Gasteiger charge is 2.19. The van der Waals surface area contributed by atoms with Crippen molar-refractivity contribution in [2.45, 2.75) is 13.0 Å². The number of fused-ring (bicyclic) bond motifs is 1. The van der Waals surface area contributed by atoms with Gasteiger partial charge in [0.25, 0.3) is 0 Å². The first kappa shape index (κ1) is 8.97. The predicted octanol–water partition coefficient (Wildman–Crippen LogP) is 2.97. The van der Waals surface area contributed by atoms with E-state index in [4.69, 9.17) is 17.0 Å². The van der Waals surface area contributed by atoms with Crippen molar-refractivity contribution < 1.29 is 4.74 Å². The van der Waals surface area contributed by atoms with Crippen molar-refractivity contribution in [1.82, 2.24) is 0 Å². The summed E-state index contributed by atoms with van der Waals surface area (Å²) in [6, 6.07) is 5.82. The van der Waals surface area contributed by atoms with Crippen LogP contribution in [0.15, 0.2) is 22.7 Å². The maximum atomic E-state index is 5.57. The summed E-state index contributed by atoms with van der Waals surface area (Å²) in [5.41, 5.74) is 0.928. The Morgan fingerprint density at radius 3 is 3.08 bits per heavy atom. The van der Waals surface area contributed by atoms with Gasteiger partial charge in [0.05, 0.1) is 5.69 Å². The normalized spacial score (nSPS) is 20.2. The fourth-order valence-corrected chi connectivity index (χ4v) is 1.70. The second-order valence-corrected chi connectivity index (χ2v) is 4.25. The van der Waals surface area contributed by atoms with E-state index < -0.39 is 0 Å². The Balaban J connectivity index is 2.42. The smallest absolute Gasteiger partial charge is 0.146 e. The summed E-state index contributed by atoms with van der Waals surface area (Å²) in [6.45, 7) is 1.93. The number of hydrogen-bond acceptors (Lipinski definition) is 2. The molecule has 1 N–H and O–H groups in total. The lowest BCUT2D eigenvalue weighted by Crippen LogP contribution is -2.32. The highest BCUT2D eigenvalue weighted by Crippen LogP contribution is 2.32. The van der Waals surface area contributed by atoms with Gasteiger partial charge in [-0.2, -0.15) is 0 Å². The molecule has 0 aromatic heterocycles. The highest BCUT2D eigenvalue weighted by molar-refractivity contribution is 9.10. The van der Waals surface area contributed by atoms with E-state index in [2.05, 4.69) is 21.2 Å². The van der Waals surface area contributed by atoms with Crippen molar-refractivity contribution in [3.63, 3.8) is 0 Å². The van der Waals surface area contributed by atoms with Crippen LogP contribution >= 0.6 is 28.1 Å². The summed E-state index contributed by atoms with van der Waals surface area (Å²) in [7, 11) is 0. The summed E-state index contributed by atoms with van der Waals surface area (Å²) >= 11 is 8.48. The van der Waals surface area contributed by atoms with Crippen LogP contribution in [0.25, 0.3) is 0 Å². The molecule has 0 bridgehead atoms. The van der Waals surface area contributed by atoms with Crippen LogP contribution in [0.2, 0.25) is 0 Å². The standard InChI is InChI=1S/C9H8BrNOS/c1-5-9(13)11-7-4-6(10)2-3-8(7)12-5/h2-5H,1H3,(H,11,13). The van der Waals surface area contributed by atoms with Crippen LogP contribution in [-0.4, -0.2) is 11.1 Å². The second-order valence-electron chi connectivity index (χ2n) is 2.89. The molecule has 1 aromatic carbocycles. The second kappa shape index (κ2) is 3.27. The first-order valence-electron chi connectivity index (χ1n) is 3.94. The molecule has 0 saturated heterocycles. The molecule has 0 fully saturated rings. The van der Waals surface area contributed by atoms with Crippen LogP contribution in [0.4, 0.5) is 5.69 Å². The van der Waals surface area contributed by atoms with Gasteiger partial charge in [-0.1, -0.05) is 28.1 Å². The van der Waals surface area contributed by atoms with E-state index in [-0.39, 0.29) is 6.10 Å². The van der Waals surface area contributed by atoms with Gasteiger partial charge in [-0.15, -0.1) is 0 Å². The Morgan fingerprint density at radius 2 is 2.31 bits per heavy atom. The third kappa shape index (κ3) is 1.69. The number of ether oxygens (including phenoxy) is 1. The minimum Gasteiger partial charge on any atom is -0.481 e. The van der Waals surface area contributed by atoms with Crippen molar-refractivity contribution in [2.24, 2.45) is 0 Å². The number of anilines is 1. The molecule has 0 saturated carbocycles. The number of hydrogen-bond donors (Lipinski definition) is 1. The van der Waals surface area contributed by atoms with E-state index in [9.17, 15) is 0 Å². The van der Waals surface area contributed by atoms with Gasteiger partial charge < -0.3 is 10.1 Å². The molecular formula is C9H8BrNOS. The van der Waals surface area contributed by atoms with Gasteiger partial charge in [-0.3, -0.25) is 0 Å². The van der Waals surface area contributed by atoms with Crippen LogP contribution in [0.3, 0.4) is 0 Å². The Morgan fingerprint density at radius 1 is 1.54 bits per heavy atom. The van der Waals surface area contributed by atoms with E-state index in [0.717, 1.165) is 20.9 Å². The molecule has 68 valence electrons. The topological polar surface area (TPSA) is 21.3 Å². The molecular weight excluding hydrogens is 250 g/mol. The molecule has 0 aliphatic carbocycles. The SMILES string of the molecule is CC1Oc2ccc(Br)cc2NC1=S. The minimum atomic E-state index is -0.0383. The zero-order valence-corrected chi connectivity index (χ0v) is 9.41. The quantitative estimate of drug-likeness (QED) is 0.723. The average Bonchev–Trinajstić information content (AvgIpc) is 2.08. The number of thiocarbonyl (C=S) groups is 1. The number of halogens is 1. The van der Waals surface area contributed by atoms with Gasteiger partial charge in [0.1, 0.15) is 16.8 Å². The van der Waals surface area contributed by atoms with Crippen molar-refractivity contribution in [2.75, 3.05) is 5.32 Å². The van der Waals surface area contributed by atoms with Gasteiger partial charge in [0, 0.05) is 4.47 Å². The van der Waals surface area contributed by atoms with Crippen LogP contribution in [0.1, 0.15) is 6.92 Å². The summed E-state index contributed by atoms with van der Waals surface area (Å²) in [5.74, 6) is 0.851. The lowest BCUT2D eigenvalue weighted by molar-refractivity contribution is 0.285. The third-order valence-electron chi connectivity index (χ3n) is 1.87. The molecule has 2 nitrogen and oxygen atoms in total. The molecule has 1 aliphatic rings. The summed E-state index contributed by atoms with van der Waals surface area (Å²) in [6.07, 6.45) is -0.0383. The van der Waals surface area contributed by atoms with Crippen LogP contribution in [0, 0.1) is 0 Å². The molecule has 1 unspecified atom stereocenters. The highest BCUT2D eigenvalue weighted by atomic mass is 79.9. The molecule has 13 heavy (non-hydrogen) atoms. The summed E-state index contributed by atoms with van der Waals surface area (Å²) in [4.78, 5) is 0.727. The van der Waals surface area contributed by atoms with Crippen LogP contribution in [-0.2, 0) is 0 Å². The van der Waals surface area contributed by atoms with Crippen molar-refractivity contribution >= 4 is 38.8 Å². The van der Waals surface area contributed by atoms with Crippen LogP contribution < -0.4 is 10.1 Å². The van der Waals surface area contributed by atoms with E-state index >= 15 is 0 Å². The Kier molecular flexibility index (Phi) is 2.26. The van der Waals surface area contributed by atoms with Gasteiger partial charge >= 0.3 is 0 Å². The largest absolute Gasteiger partial charge is 0.481 e. The number of rotatable bonds is 0. The Bertz CT molecular complexity index is 367. The first-order valence-corrected chi connectivity index (χ1v) is 5.14. The average molecular weight is 258 g/mol. The maximum absolute atomic E-state index is 5.57. The van der Waals surface area contributed by atoms with Gasteiger partial charge in [-0.05, 0) is 25.1 Å². The maximum Gasteiger partial charge on any atom is 0.146 e. The molecule has 0 radical (unpaired) electrons. The zero-order chi connectivity index (χ0) is 9.42. The van der Waals surface area contributed by atoms with Gasteiger partial charge in [-0.25, -0.2) is 0 Å². The minimum absolute atomic E-state index is 0.0383. The molecule has 1 aliphatic heterocycles. The number of nitrogens with one attached hydrogen (secondary N) is 1. The van der Waals surface area contributed by atoms with Crippen molar-refractivity contribution in [3.05, 3.63) is 22.7 Å². The Labute approximate surface area is 90.4 Å². The fourth-order valence-electron chi connectivity index (χ4n) is 1.18. The molecule has 4 heteroatoms. The van der Waals surface area contributed by atoms with Gasteiger partial charge in [0.15, 0.2) is 0 Å². The Hall–Kier alpha value is -0.610. The van der Waals surface area contributed by atoms with Gasteiger partial charge in [0.2, 0.25) is 0 Å². The first-order chi connectivity index (χ1) is 6.16. The van der Waals surface area contributed by atoms with Crippen LogP contribution in [0.5, 0.6) is 5.75 Å². The fraction of sp³-hybridized carbons (Fsp3) is 0.222. The molecule has 2 rings (SSSR count). The predicted molar refractivity (Wildman–Crippen MR) is 60.5 cm³/mol. The van der Waals surface area contributed by atoms with Crippen molar-refractivity contribution in [3.8, 4) is 5.75 Å². The lowest BCUT2D eigenvalue weighted by atomic mass is 10.2. The third-order valence-corrected chi connectivity index (χ3v) is 2.80. The van der Waals surface area contributed by atoms with E-state index in [1.54, 1.807) is 0 Å². The van der Waals surface area contributed by atoms with E-state index in [1.165, 1.54) is 0 Å². The molecule has 1 aromatic rings.